The SMILES string of the molecule is CNC(=O)C(C)(C)CNC(=O)CC(C)(C(=O)O)C(C)C. The van der Waals surface area contributed by atoms with E-state index < -0.39 is 16.8 Å². The third-order valence-corrected chi connectivity index (χ3v) is 3.86. The van der Waals surface area contributed by atoms with E-state index >= 15 is 0 Å². The number of carboxylic acid groups (broad SMARTS) is 1. The molecule has 0 aliphatic heterocycles. The number of carbonyl (C=O) groups excluding carboxylic acids is 2. The molecule has 2 amide bonds. The Kier molecular flexibility index (Phi) is 6.19. The van der Waals surface area contributed by atoms with E-state index in [0.29, 0.717) is 0 Å². The van der Waals surface area contributed by atoms with E-state index in [9.17, 15) is 19.5 Å². The quantitative estimate of drug-likeness (QED) is 0.651. The molecule has 20 heavy (non-hydrogen) atoms. The molecule has 6 nitrogen and oxygen atoms in total. The lowest BCUT2D eigenvalue weighted by Crippen LogP contribution is -2.45. The summed E-state index contributed by atoms with van der Waals surface area (Å²) in [6, 6.07) is 0. The average Bonchev–Trinajstić information content (AvgIpc) is 2.34. The summed E-state index contributed by atoms with van der Waals surface area (Å²) in [4.78, 5) is 34.8. The van der Waals surface area contributed by atoms with E-state index in [2.05, 4.69) is 10.6 Å². The third-order valence-electron chi connectivity index (χ3n) is 3.86. The van der Waals surface area contributed by atoms with Gasteiger partial charge in [-0.1, -0.05) is 13.8 Å². The van der Waals surface area contributed by atoms with E-state index in [1.807, 2.05) is 0 Å². The van der Waals surface area contributed by atoms with Crippen molar-refractivity contribution in [3.8, 4) is 0 Å². The molecule has 0 fully saturated rings. The van der Waals surface area contributed by atoms with Gasteiger partial charge in [-0.15, -0.1) is 0 Å². The highest BCUT2D eigenvalue weighted by molar-refractivity contribution is 5.86. The molecule has 1 unspecified atom stereocenters. The Balaban J connectivity index is 4.65. The lowest BCUT2D eigenvalue weighted by Gasteiger charge is -2.29. The molecule has 1 atom stereocenters. The number of nitrogens with one attached hydrogen (secondary N) is 2. The molecule has 0 aliphatic carbocycles. The molecule has 0 rings (SSSR count). The van der Waals surface area contributed by atoms with Gasteiger partial charge >= 0.3 is 5.97 Å². The monoisotopic (exact) mass is 286 g/mol. The smallest absolute Gasteiger partial charge is 0.310 e. The minimum atomic E-state index is -1.11. The minimum Gasteiger partial charge on any atom is -0.481 e. The predicted molar refractivity (Wildman–Crippen MR) is 76.1 cm³/mol. The second-order valence-corrected chi connectivity index (χ2v) is 6.29. The Morgan fingerprint density at radius 1 is 1.15 bits per heavy atom. The third kappa shape index (κ3) is 4.51. The summed E-state index contributed by atoms with van der Waals surface area (Å²) in [5, 5.41) is 14.4. The Morgan fingerprint density at radius 2 is 1.65 bits per heavy atom. The standard InChI is InChI=1S/C14H26N2O4/c1-9(2)14(5,12(19)20)7-10(17)16-8-13(3,4)11(18)15-6/h9H,7-8H2,1-6H3,(H,15,18)(H,16,17)(H,19,20). The first-order chi connectivity index (χ1) is 8.97. The average molecular weight is 286 g/mol. The van der Waals surface area contributed by atoms with Gasteiger partial charge in [-0.2, -0.15) is 0 Å². The summed E-state index contributed by atoms with van der Waals surface area (Å²) >= 11 is 0. The molecule has 0 spiro atoms. The maximum Gasteiger partial charge on any atom is 0.310 e. The molecular formula is C14H26N2O4. The minimum absolute atomic E-state index is 0.107. The van der Waals surface area contributed by atoms with Gasteiger partial charge in [-0.05, 0) is 26.7 Å². The van der Waals surface area contributed by atoms with Crippen LogP contribution in [0.1, 0.15) is 41.0 Å². The van der Waals surface area contributed by atoms with Crippen LogP contribution in [0.2, 0.25) is 0 Å². The Hall–Kier alpha value is -1.59. The van der Waals surface area contributed by atoms with Gasteiger partial charge < -0.3 is 15.7 Å². The van der Waals surface area contributed by atoms with Crippen molar-refractivity contribution in [1.82, 2.24) is 10.6 Å². The maximum absolute atomic E-state index is 11.9. The van der Waals surface area contributed by atoms with Gasteiger partial charge in [0.15, 0.2) is 0 Å². The summed E-state index contributed by atoms with van der Waals surface area (Å²) in [5.41, 5.74) is -1.84. The number of amides is 2. The van der Waals surface area contributed by atoms with Crippen molar-refractivity contribution in [2.75, 3.05) is 13.6 Å². The van der Waals surface area contributed by atoms with Crippen molar-refractivity contribution in [3.63, 3.8) is 0 Å². The van der Waals surface area contributed by atoms with Crippen molar-refractivity contribution >= 4 is 17.8 Å². The van der Waals surface area contributed by atoms with Crippen LogP contribution in [0.4, 0.5) is 0 Å². The van der Waals surface area contributed by atoms with Gasteiger partial charge in [0, 0.05) is 20.0 Å². The van der Waals surface area contributed by atoms with Gasteiger partial charge in [0.05, 0.1) is 10.8 Å². The zero-order valence-corrected chi connectivity index (χ0v) is 13.2. The first kappa shape index (κ1) is 18.4. The summed E-state index contributed by atoms with van der Waals surface area (Å²) in [6.45, 7) is 8.70. The molecule has 0 aromatic heterocycles. The fourth-order valence-corrected chi connectivity index (χ4v) is 1.66. The highest BCUT2D eigenvalue weighted by Crippen LogP contribution is 2.31. The second kappa shape index (κ2) is 6.72. The molecular weight excluding hydrogens is 260 g/mol. The number of hydrogen-bond donors (Lipinski definition) is 3. The van der Waals surface area contributed by atoms with Crippen molar-refractivity contribution in [2.24, 2.45) is 16.7 Å². The fraction of sp³-hybridized carbons (Fsp3) is 0.786. The fourth-order valence-electron chi connectivity index (χ4n) is 1.66. The summed E-state index contributed by atoms with van der Waals surface area (Å²) in [7, 11) is 1.53. The van der Waals surface area contributed by atoms with Gasteiger partial charge in [0.25, 0.3) is 0 Å². The van der Waals surface area contributed by atoms with Crippen LogP contribution in [-0.4, -0.2) is 36.5 Å². The van der Waals surface area contributed by atoms with Gasteiger partial charge in [0.1, 0.15) is 0 Å². The number of carbonyl (C=O) groups is 3. The van der Waals surface area contributed by atoms with E-state index in [0.717, 1.165) is 0 Å². The van der Waals surface area contributed by atoms with Crippen LogP contribution in [0.5, 0.6) is 0 Å². The lowest BCUT2D eigenvalue weighted by atomic mass is 9.76. The molecule has 3 N–H and O–H groups in total. The van der Waals surface area contributed by atoms with Crippen LogP contribution < -0.4 is 10.6 Å². The maximum atomic E-state index is 11.9. The molecule has 0 heterocycles. The first-order valence-corrected chi connectivity index (χ1v) is 6.69. The molecule has 0 aliphatic rings. The molecule has 6 heteroatoms. The molecule has 0 bridgehead atoms. The molecule has 0 saturated carbocycles. The Morgan fingerprint density at radius 3 is 2.00 bits per heavy atom. The van der Waals surface area contributed by atoms with Crippen LogP contribution in [0.15, 0.2) is 0 Å². The van der Waals surface area contributed by atoms with Gasteiger partial charge in [-0.25, -0.2) is 0 Å². The van der Waals surface area contributed by atoms with E-state index in [1.165, 1.54) is 7.05 Å². The van der Waals surface area contributed by atoms with E-state index in [-0.39, 0.29) is 30.7 Å². The summed E-state index contributed by atoms with van der Waals surface area (Å²) in [5.74, 6) is -1.70. The normalized spacial score (nSPS) is 14.6. The molecule has 0 aromatic rings. The van der Waals surface area contributed by atoms with E-state index in [4.69, 9.17) is 0 Å². The van der Waals surface area contributed by atoms with Crippen LogP contribution in [0, 0.1) is 16.7 Å². The van der Waals surface area contributed by atoms with E-state index in [1.54, 1.807) is 34.6 Å². The lowest BCUT2D eigenvalue weighted by molar-refractivity contribution is -0.153. The Bertz CT molecular complexity index is 391. The number of carboxylic acids is 1. The van der Waals surface area contributed by atoms with Crippen molar-refractivity contribution in [1.29, 1.82) is 0 Å². The number of rotatable bonds is 7. The van der Waals surface area contributed by atoms with Gasteiger partial charge in [-0.3, -0.25) is 14.4 Å². The molecule has 116 valence electrons. The van der Waals surface area contributed by atoms with Crippen LogP contribution in [0.25, 0.3) is 0 Å². The zero-order valence-electron chi connectivity index (χ0n) is 13.2. The number of hydrogen-bond acceptors (Lipinski definition) is 3. The molecule has 0 saturated heterocycles. The van der Waals surface area contributed by atoms with Crippen molar-refractivity contribution in [2.45, 2.75) is 41.0 Å². The Labute approximate surface area is 120 Å². The van der Waals surface area contributed by atoms with Crippen molar-refractivity contribution < 1.29 is 19.5 Å². The highest BCUT2D eigenvalue weighted by atomic mass is 16.4. The largest absolute Gasteiger partial charge is 0.481 e. The zero-order chi connectivity index (χ0) is 16.1. The van der Waals surface area contributed by atoms with Crippen LogP contribution in [-0.2, 0) is 14.4 Å². The second-order valence-electron chi connectivity index (χ2n) is 6.29. The van der Waals surface area contributed by atoms with Crippen molar-refractivity contribution in [3.05, 3.63) is 0 Å². The predicted octanol–water partition coefficient (Wildman–Crippen LogP) is 1.01. The summed E-state index contributed by atoms with van der Waals surface area (Å²) in [6.07, 6.45) is -0.107. The van der Waals surface area contributed by atoms with Crippen LogP contribution in [0.3, 0.4) is 0 Å². The summed E-state index contributed by atoms with van der Waals surface area (Å²) < 4.78 is 0. The van der Waals surface area contributed by atoms with Gasteiger partial charge in [0.2, 0.25) is 11.8 Å². The highest BCUT2D eigenvalue weighted by Gasteiger charge is 2.39. The molecule has 0 aromatic carbocycles. The number of aliphatic carboxylic acids is 1. The molecule has 0 radical (unpaired) electrons. The topological polar surface area (TPSA) is 95.5 Å². The first-order valence-electron chi connectivity index (χ1n) is 6.69. The van der Waals surface area contributed by atoms with Crippen LogP contribution >= 0.6 is 0 Å².